The second-order valence-corrected chi connectivity index (χ2v) is 8.00. The smallest absolute Gasteiger partial charge is 0.228 e. The zero-order chi connectivity index (χ0) is 17.3. The maximum absolute atomic E-state index is 13.3. The molecule has 0 unspecified atom stereocenters. The molecule has 4 rings (SSSR count). The molecular formula is C19H24Cl2FN3OS. The van der Waals surface area contributed by atoms with Gasteiger partial charge in [0.05, 0.1) is 12.1 Å². The fourth-order valence-electron chi connectivity index (χ4n) is 3.86. The van der Waals surface area contributed by atoms with Crippen molar-refractivity contribution >= 4 is 42.1 Å². The van der Waals surface area contributed by atoms with Gasteiger partial charge < -0.3 is 10.2 Å². The molecule has 2 aliphatic rings. The van der Waals surface area contributed by atoms with E-state index in [2.05, 4.69) is 10.3 Å². The lowest BCUT2D eigenvalue weighted by Gasteiger charge is -2.38. The van der Waals surface area contributed by atoms with E-state index in [1.165, 1.54) is 29.9 Å². The summed E-state index contributed by atoms with van der Waals surface area (Å²) in [7, 11) is 0. The minimum absolute atomic E-state index is 0. The van der Waals surface area contributed by atoms with Gasteiger partial charge in [0, 0.05) is 30.6 Å². The van der Waals surface area contributed by atoms with Crippen LogP contribution in [-0.4, -0.2) is 42.0 Å². The molecule has 1 spiro atoms. The lowest BCUT2D eigenvalue weighted by atomic mass is 9.78. The Morgan fingerprint density at radius 1 is 1.26 bits per heavy atom. The second-order valence-electron chi connectivity index (χ2n) is 7.14. The third-order valence-corrected chi connectivity index (χ3v) is 6.40. The van der Waals surface area contributed by atoms with E-state index in [-0.39, 0.29) is 36.5 Å². The molecule has 1 aromatic carbocycles. The Hall–Kier alpha value is -1.21. The van der Waals surface area contributed by atoms with Crippen LogP contribution in [0.5, 0.6) is 0 Å². The number of rotatable bonds is 3. The maximum Gasteiger partial charge on any atom is 0.228 e. The first-order chi connectivity index (χ1) is 12.1. The minimum Gasteiger partial charge on any atom is -0.342 e. The summed E-state index contributed by atoms with van der Waals surface area (Å²) in [5.74, 6) is -0.120. The molecule has 1 N–H and O–H groups in total. The molecule has 2 aliphatic heterocycles. The van der Waals surface area contributed by atoms with Gasteiger partial charge >= 0.3 is 0 Å². The predicted molar refractivity (Wildman–Crippen MR) is 111 cm³/mol. The Kier molecular flexibility index (Phi) is 7.63. The van der Waals surface area contributed by atoms with Crippen LogP contribution in [0.2, 0.25) is 0 Å². The number of carbonyl (C=O) groups excluding carboxylic acids is 1. The van der Waals surface area contributed by atoms with Gasteiger partial charge in [0.1, 0.15) is 10.8 Å². The van der Waals surface area contributed by atoms with E-state index in [1.807, 2.05) is 16.3 Å². The number of amides is 1. The summed E-state index contributed by atoms with van der Waals surface area (Å²) in [5.41, 5.74) is 1.96. The van der Waals surface area contributed by atoms with Crippen molar-refractivity contribution in [3.63, 3.8) is 0 Å². The van der Waals surface area contributed by atoms with Gasteiger partial charge in [-0.1, -0.05) is 12.1 Å². The molecule has 1 aromatic heterocycles. The van der Waals surface area contributed by atoms with Crippen molar-refractivity contribution in [1.82, 2.24) is 15.2 Å². The summed E-state index contributed by atoms with van der Waals surface area (Å²) < 4.78 is 13.3. The molecule has 1 amide bonds. The van der Waals surface area contributed by atoms with E-state index >= 15 is 0 Å². The number of hydrogen-bond acceptors (Lipinski definition) is 4. The Morgan fingerprint density at radius 3 is 2.70 bits per heavy atom. The summed E-state index contributed by atoms with van der Waals surface area (Å²) in [4.78, 5) is 19.1. The Labute approximate surface area is 175 Å². The van der Waals surface area contributed by atoms with E-state index in [4.69, 9.17) is 0 Å². The number of aromatic nitrogens is 1. The fraction of sp³-hybridized carbons (Fsp3) is 0.474. The van der Waals surface area contributed by atoms with Gasteiger partial charge in [-0.2, -0.15) is 0 Å². The Bertz CT molecular complexity index is 770. The summed E-state index contributed by atoms with van der Waals surface area (Å²) in [6.07, 6.45) is 3.75. The third kappa shape index (κ3) is 4.99. The number of benzene rings is 1. The predicted octanol–water partition coefficient (Wildman–Crippen LogP) is 3.94. The van der Waals surface area contributed by atoms with Crippen LogP contribution < -0.4 is 5.32 Å². The Balaban J connectivity index is 0.00000131. The third-order valence-electron chi connectivity index (χ3n) is 5.46. The highest BCUT2D eigenvalue weighted by Gasteiger charge is 2.37. The molecule has 2 aromatic rings. The molecule has 2 fully saturated rings. The van der Waals surface area contributed by atoms with Crippen molar-refractivity contribution in [3.05, 3.63) is 41.2 Å². The van der Waals surface area contributed by atoms with Crippen LogP contribution in [-0.2, 0) is 11.2 Å². The molecule has 4 nitrogen and oxygen atoms in total. The molecule has 0 atom stereocenters. The first kappa shape index (κ1) is 22.1. The van der Waals surface area contributed by atoms with Crippen LogP contribution in [0.15, 0.2) is 29.6 Å². The van der Waals surface area contributed by atoms with Gasteiger partial charge in [-0.05, 0) is 43.4 Å². The molecule has 0 bridgehead atoms. The van der Waals surface area contributed by atoms with Crippen molar-refractivity contribution in [2.45, 2.75) is 25.7 Å². The topological polar surface area (TPSA) is 45.2 Å². The number of nitrogens with one attached hydrogen (secondary N) is 1. The monoisotopic (exact) mass is 431 g/mol. The highest BCUT2D eigenvalue weighted by Crippen LogP contribution is 2.37. The molecule has 0 aliphatic carbocycles. The zero-order valence-corrected chi connectivity index (χ0v) is 17.4. The van der Waals surface area contributed by atoms with Gasteiger partial charge in [0.25, 0.3) is 0 Å². The average molecular weight is 432 g/mol. The van der Waals surface area contributed by atoms with Gasteiger partial charge in [-0.3, -0.25) is 4.79 Å². The largest absolute Gasteiger partial charge is 0.342 e. The van der Waals surface area contributed by atoms with Crippen molar-refractivity contribution in [2.24, 2.45) is 5.41 Å². The molecule has 3 heterocycles. The SMILES string of the molecule is Cl.Cl.O=C(Cc1csc(-c2cccc(F)c2)n1)N1CCC2(CCNC2)CC1. The molecule has 27 heavy (non-hydrogen) atoms. The second kappa shape index (κ2) is 9.32. The van der Waals surface area contributed by atoms with Gasteiger partial charge in [0.15, 0.2) is 0 Å². The fourth-order valence-corrected chi connectivity index (χ4v) is 4.68. The van der Waals surface area contributed by atoms with E-state index in [9.17, 15) is 9.18 Å². The molecular weight excluding hydrogens is 408 g/mol. The van der Waals surface area contributed by atoms with Crippen LogP contribution >= 0.6 is 36.2 Å². The minimum atomic E-state index is -0.269. The molecule has 148 valence electrons. The normalized spacial score (nSPS) is 18.0. The molecule has 2 saturated heterocycles. The Morgan fingerprint density at radius 2 is 2.04 bits per heavy atom. The number of halogens is 3. The molecule has 8 heteroatoms. The number of nitrogens with zero attached hydrogens (tertiary/aromatic N) is 2. The molecule has 0 radical (unpaired) electrons. The van der Waals surface area contributed by atoms with Crippen LogP contribution in [0, 0.1) is 11.2 Å². The van der Waals surface area contributed by atoms with E-state index in [0.717, 1.165) is 55.3 Å². The molecule has 0 saturated carbocycles. The van der Waals surface area contributed by atoms with E-state index < -0.39 is 0 Å². The van der Waals surface area contributed by atoms with E-state index in [1.54, 1.807) is 6.07 Å². The number of likely N-dealkylation sites (tertiary alicyclic amines) is 1. The maximum atomic E-state index is 13.3. The van der Waals surface area contributed by atoms with Crippen LogP contribution in [0.4, 0.5) is 4.39 Å². The summed E-state index contributed by atoms with van der Waals surface area (Å²) in [5, 5.41) is 6.12. The number of carbonyl (C=O) groups is 1. The van der Waals surface area contributed by atoms with Crippen molar-refractivity contribution < 1.29 is 9.18 Å². The average Bonchev–Trinajstić information content (AvgIpc) is 3.26. The summed E-state index contributed by atoms with van der Waals surface area (Å²) >= 11 is 1.46. The van der Waals surface area contributed by atoms with Crippen LogP contribution in [0.25, 0.3) is 10.6 Å². The number of piperidine rings is 1. The first-order valence-electron chi connectivity index (χ1n) is 8.82. The van der Waals surface area contributed by atoms with Crippen molar-refractivity contribution in [2.75, 3.05) is 26.2 Å². The van der Waals surface area contributed by atoms with Crippen LogP contribution in [0.3, 0.4) is 0 Å². The standard InChI is InChI=1S/C19H22FN3OS.2ClH/c20-15-3-1-2-14(10-15)18-22-16(12-25-18)11-17(24)23-8-5-19(6-9-23)4-7-21-13-19;;/h1-3,10,12,21H,4-9,11,13H2;2*1H. The quantitative estimate of drug-likeness (QED) is 0.800. The van der Waals surface area contributed by atoms with E-state index in [0.29, 0.717) is 11.8 Å². The van der Waals surface area contributed by atoms with Gasteiger partial charge in [-0.25, -0.2) is 9.37 Å². The van der Waals surface area contributed by atoms with Gasteiger partial charge in [0.2, 0.25) is 5.91 Å². The zero-order valence-electron chi connectivity index (χ0n) is 14.9. The lowest BCUT2D eigenvalue weighted by Crippen LogP contribution is -2.44. The first-order valence-corrected chi connectivity index (χ1v) is 9.70. The van der Waals surface area contributed by atoms with Gasteiger partial charge in [-0.15, -0.1) is 36.2 Å². The van der Waals surface area contributed by atoms with Crippen molar-refractivity contribution in [3.8, 4) is 10.6 Å². The van der Waals surface area contributed by atoms with Crippen molar-refractivity contribution in [1.29, 1.82) is 0 Å². The summed E-state index contributed by atoms with van der Waals surface area (Å²) in [6.45, 7) is 3.90. The number of thiazole rings is 1. The number of hydrogen-bond donors (Lipinski definition) is 1. The van der Waals surface area contributed by atoms with Crippen LogP contribution in [0.1, 0.15) is 25.0 Å². The lowest BCUT2D eigenvalue weighted by molar-refractivity contribution is -0.132. The highest BCUT2D eigenvalue weighted by molar-refractivity contribution is 7.13. The summed E-state index contributed by atoms with van der Waals surface area (Å²) in [6, 6.07) is 6.42. The highest BCUT2D eigenvalue weighted by atomic mass is 35.5.